The number of aromatic nitrogens is 2. The fraction of sp³-hybridized carbons (Fsp3) is 0. The average molecular weight is 549 g/mol. The first-order valence-electron chi connectivity index (χ1n) is 14.7. The first kappa shape index (κ1) is 22.8. The van der Waals surface area contributed by atoms with Gasteiger partial charge in [0, 0.05) is 43.4 Å². The smallest absolute Gasteiger partial charge is 0.159 e. The zero-order chi connectivity index (χ0) is 28.1. The van der Waals surface area contributed by atoms with E-state index in [1.807, 2.05) is 0 Å². The van der Waals surface area contributed by atoms with Gasteiger partial charge in [0.1, 0.15) is 5.58 Å². The summed E-state index contributed by atoms with van der Waals surface area (Å²) in [5.74, 6) is 0. The lowest BCUT2D eigenvalue weighted by atomic mass is 10.0. The summed E-state index contributed by atoms with van der Waals surface area (Å²) < 4.78 is 11.8. The lowest BCUT2D eigenvalue weighted by Crippen LogP contribution is -1.94. The lowest BCUT2D eigenvalue weighted by molar-refractivity contribution is 0.670. The molecular weight excluding hydrogens is 524 g/mol. The molecule has 7 aromatic carbocycles. The van der Waals surface area contributed by atoms with E-state index < -0.39 is 0 Å². The molecule has 0 radical (unpaired) electrons. The normalized spacial score (nSPS) is 12.2. The van der Waals surface area contributed by atoms with Crippen LogP contribution >= 0.6 is 0 Å². The second kappa shape index (κ2) is 8.37. The highest BCUT2D eigenvalue weighted by Gasteiger charge is 2.21. The Morgan fingerprint density at radius 3 is 1.60 bits per heavy atom. The van der Waals surface area contributed by atoms with Crippen molar-refractivity contribution in [3.05, 3.63) is 146 Å². The fourth-order valence-electron chi connectivity index (χ4n) is 7.30. The summed E-state index contributed by atoms with van der Waals surface area (Å²) in [5, 5.41) is 9.50. The van der Waals surface area contributed by atoms with Crippen molar-refractivity contribution in [2.75, 3.05) is 0 Å². The molecule has 0 aliphatic heterocycles. The largest absolute Gasteiger partial charge is 0.453 e. The van der Waals surface area contributed by atoms with Gasteiger partial charge >= 0.3 is 0 Å². The summed E-state index contributed by atoms with van der Waals surface area (Å²) in [6, 6.07) is 52.1. The van der Waals surface area contributed by atoms with Crippen LogP contribution in [-0.4, -0.2) is 9.13 Å². The Kier molecular flexibility index (Phi) is 4.45. The molecule has 0 fully saturated rings. The molecule has 0 amide bonds. The molecule has 0 aliphatic rings. The van der Waals surface area contributed by atoms with Crippen molar-refractivity contribution in [1.82, 2.24) is 9.13 Å². The Morgan fingerprint density at radius 1 is 0.372 bits per heavy atom. The minimum Gasteiger partial charge on any atom is -0.453 e. The van der Waals surface area contributed by atoms with Crippen LogP contribution < -0.4 is 0 Å². The Balaban J connectivity index is 1.39. The highest BCUT2D eigenvalue weighted by molar-refractivity contribution is 6.27. The molecule has 3 heteroatoms. The van der Waals surface area contributed by atoms with Gasteiger partial charge in [0.25, 0.3) is 0 Å². The van der Waals surface area contributed by atoms with Crippen LogP contribution in [0, 0.1) is 0 Å². The maximum atomic E-state index is 7.08. The summed E-state index contributed by atoms with van der Waals surface area (Å²) in [7, 11) is 0. The van der Waals surface area contributed by atoms with Crippen molar-refractivity contribution in [1.29, 1.82) is 0 Å². The van der Waals surface area contributed by atoms with E-state index >= 15 is 0 Å². The number of benzene rings is 7. The molecule has 0 unspecified atom stereocenters. The van der Waals surface area contributed by atoms with Crippen LogP contribution in [0.25, 0.3) is 87.7 Å². The molecule has 3 aromatic heterocycles. The Labute approximate surface area is 246 Å². The Hall–Kier alpha value is -5.80. The quantitative estimate of drug-likeness (QED) is 0.211. The van der Waals surface area contributed by atoms with Gasteiger partial charge in [-0.15, -0.1) is 0 Å². The van der Waals surface area contributed by atoms with Crippen molar-refractivity contribution in [3.8, 4) is 11.4 Å². The van der Waals surface area contributed by atoms with Crippen LogP contribution in [0.4, 0.5) is 0 Å². The number of rotatable bonds is 2. The number of nitrogens with zero attached hydrogens (tertiary/aromatic N) is 2. The van der Waals surface area contributed by atoms with E-state index in [1.54, 1.807) is 0 Å². The summed E-state index contributed by atoms with van der Waals surface area (Å²) in [6.07, 6.45) is 0. The Bertz CT molecular complexity index is 2670. The van der Waals surface area contributed by atoms with Crippen molar-refractivity contribution in [2.45, 2.75) is 0 Å². The van der Waals surface area contributed by atoms with Crippen LogP contribution in [-0.2, 0) is 0 Å². The summed E-state index contributed by atoms with van der Waals surface area (Å²) in [6.45, 7) is 0. The van der Waals surface area contributed by atoms with Crippen molar-refractivity contribution >= 4 is 76.3 Å². The Morgan fingerprint density at radius 2 is 0.907 bits per heavy atom. The van der Waals surface area contributed by atoms with E-state index in [0.717, 1.165) is 44.1 Å². The van der Waals surface area contributed by atoms with Crippen LogP contribution in [0.1, 0.15) is 0 Å². The number of furan rings is 1. The number of hydrogen-bond acceptors (Lipinski definition) is 1. The zero-order valence-electron chi connectivity index (χ0n) is 23.2. The monoisotopic (exact) mass is 548 g/mol. The molecule has 43 heavy (non-hydrogen) atoms. The molecule has 10 rings (SSSR count). The second-order valence-corrected chi connectivity index (χ2v) is 11.3. The van der Waals surface area contributed by atoms with Gasteiger partial charge in [-0.3, -0.25) is 0 Å². The molecule has 0 saturated carbocycles. The SMILES string of the molecule is c1ccc(-n2c3ccccc3c3ccc4ccc5c6cccc(-n7c8ccccc8c8ccccc87)c6oc5c4c32)cc1. The molecule has 0 aliphatic carbocycles. The van der Waals surface area contributed by atoms with Crippen molar-refractivity contribution in [2.24, 2.45) is 0 Å². The van der Waals surface area contributed by atoms with Gasteiger partial charge in [-0.1, -0.05) is 103 Å². The highest BCUT2D eigenvalue weighted by atomic mass is 16.3. The molecule has 0 saturated heterocycles. The van der Waals surface area contributed by atoms with Gasteiger partial charge in [0.05, 0.1) is 27.8 Å². The van der Waals surface area contributed by atoms with E-state index in [2.05, 4.69) is 155 Å². The third kappa shape index (κ3) is 2.98. The summed E-state index contributed by atoms with van der Waals surface area (Å²) in [4.78, 5) is 0. The van der Waals surface area contributed by atoms with Crippen molar-refractivity contribution < 1.29 is 4.42 Å². The number of para-hydroxylation sites is 5. The topological polar surface area (TPSA) is 23.0 Å². The minimum atomic E-state index is 0.899. The van der Waals surface area contributed by atoms with Gasteiger partial charge in [0.15, 0.2) is 5.58 Å². The molecule has 0 bridgehead atoms. The fourth-order valence-corrected chi connectivity index (χ4v) is 7.30. The van der Waals surface area contributed by atoms with Crippen LogP contribution in [0.15, 0.2) is 150 Å². The molecule has 0 N–H and O–H groups in total. The van der Waals surface area contributed by atoms with E-state index in [1.165, 1.54) is 43.6 Å². The van der Waals surface area contributed by atoms with Gasteiger partial charge in [-0.2, -0.15) is 0 Å². The van der Waals surface area contributed by atoms with Crippen LogP contribution in [0.5, 0.6) is 0 Å². The number of fused-ring (bicyclic) bond motifs is 12. The molecule has 200 valence electrons. The number of hydrogen-bond donors (Lipinski definition) is 0. The first-order valence-corrected chi connectivity index (χ1v) is 14.7. The predicted molar refractivity (Wildman–Crippen MR) is 180 cm³/mol. The minimum absolute atomic E-state index is 0.899. The second-order valence-electron chi connectivity index (χ2n) is 11.3. The summed E-state index contributed by atoms with van der Waals surface area (Å²) >= 11 is 0. The average Bonchev–Trinajstić information content (AvgIpc) is 3.73. The molecule has 10 aromatic rings. The highest BCUT2D eigenvalue weighted by Crippen LogP contribution is 2.43. The third-order valence-electron chi connectivity index (χ3n) is 9.09. The van der Waals surface area contributed by atoms with Crippen LogP contribution in [0.2, 0.25) is 0 Å². The van der Waals surface area contributed by atoms with Gasteiger partial charge in [-0.25, -0.2) is 0 Å². The maximum absolute atomic E-state index is 7.08. The molecule has 3 heterocycles. The maximum Gasteiger partial charge on any atom is 0.159 e. The molecule has 0 atom stereocenters. The first-order chi connectivity index (χ1) is 21.4. The summed E-state index contributed by atoms with van der Waals surface area (Å²) in [5.41, 5.74) is 8.72. The molecule has 3 nitrogen and oxygen atoms in total. The third-order valence-corrected chi connectivity index (χ3v) is 9.09. The lowest BCUT2D eigenvalue weighted by Gasteiger charge is -2.10. The van der Waals surface area contributed by atoms with E-state index in [4.69, 9.17) is 4.42 Å². The van der Waals surface area contributed by atoms with Gasteiger partial charge in [0.2, 0.25) is 0 Å². The van der Waals surface area contributed by atoms with Gasteiger partial charge < -0.3 is 13.6 Å². The predicted octanol–water partition coefficient (Wildman–Crippen LogP) is 10.9. The zero-order valence-corrected chi connectivity index (χ0v) is 23.2. The van der Waals surface area contributed by atoms with E-state index in [9.17, 15) is 0 Å². The standard InChI is InChI=1S/C40H24N2O/c1-2-11-26(12-3-1)41-33-17-7-6-15-29(33)30-23-21-25-22-24-32-31-16-10-20-36(39(31)43-40(32)37(25)38(30)41)42-34-18-8-4-13-27(34)28-14-5-9-19-35(28)42/h1-24H. The van der Waals surface area contributed by atoms with Crippen molar-refractivity contribution in [3.63, 3.8) is 0 Å². The van der Waals surface area contributed by atoms with E-state index in [-0.39, 0.29) is 0 Å². The van der Waals surface area contributed by atoms with E-state index in [0.29, 0.717) is 0 Å². The van der Waals surface area contributed by atoms with Crippen LogP contribution in [0.3, 0.4) is 0 Å². The van der Waals surface area contributed by atoms with Gasteiger partial charge in [-0.05, 0) is 47.9 Å². The molecule has 0 spiro atoms. The molecular formula is C40H24N2O.